The number of aryl methyl sites for hydroxylation is 1. The Labute approximate surface area is 127 Å². The standard InChI is InChI=1S/C15H24O3S2/c1-3-19-13-7-5-4-6-12-18-20(16,17)15-10-8-14(2)9-11-15/h8-11H,3-7,12-13H2,1-2H3. The molecule has 0 radical (unpaired) electrons. The minimum atomic E-state index is -3.58. The summed E-state index contributed by atoms with van der Waals surface area (Å²) < 4.78 is 28.8. The maximum atomic E-state index is 11.9. The molecular weight excluding hydrogens is 292 g/mol. The van der Waals surface area contributed by atoms with E-state index >= 15 is 0 Å². The van der Waals surface area contributed by atoms with Gasteiger partial charge in [-0.25, -0.2) is 0 Å². The average molecular weight is 316 g/mol. The number of hydrogen-bond donors (Lipinski definition) is 0. The summed E-state index contributed by atoms with van der Waals surface area (Å²) >= 11 is 1.95. The number of benzene rings is 1. The average Bonchev–Trinajstić information content (AvgIpc) is 2.42. The van der Waals surface area contributed by atoms with E-state index in [9.17, 15) is 8.42 Å². The summed E-state index contributed by atoms with van der Waals surface area (Å²) in [5.41, 5.74) is 1.04. The van der Waals surface area contributed by atoms with Gasteiger partial charge in [0.05, 0.1) is 11.5 Å². The van der Waals surface area contributed by atoms with Gasteiger partial charge in [0.15, 0.2) is 0 Å². The van der Waals surface area contributed by atoms with Gasteiger partial charge in [-0.3, -0.25) is 4.18 Å². The fraction of sp³-hybridized carbons (Fsp3) is 0.600. The van der Waals surface area contributed by atoms with Crippen molar-refractivity contribution in [3.63, 3.8) is 0 Å². The molecule has 0 saturated heterocycles. The van der Waals surface area contributed by atoms with Gasteiger partial charge < -0.3 is 0 Å². The molecule has 0 heterocycles. The summed E-state index contributed by atoms with van der Waals surface area (Å²) in [5, 5.41) is 0. The summed E-state index contributed by atoms with van der Waals surface area (Å²) in [5.74, 6) is 2.36. The number of unbranched alkanes of at least 4 members (excludes halogenated alkanes) is 3. The molecule has 5 heteroatoms. The number of rotatable bonds is 10. The molecule has 0 spiro atoms. The molecule has 0 aromatic heterocycles. The number of hydrogen-bond acceptors (Lipinski definition) is 4. The molecule has 0 N–H and O–H groups in total. The minimum absolute atomic E-state index is 0.238. The van der Waals surface area contributed by atoms with Crippen molar-refractivity contribution < 1.29 is 12.6 Å². The van der Waals surface area contributed by atoms with Crippen molar-refractivity contribution in [3.8, 4) is 0 Å². The lowest BCUT2D eigenvalue weighted by atomic mass is 10.2. The lowest BCUT2D eigenvalue weighted by Gasteiger charge is -2.06. The molecule has 0 bridgehead atoms. The van der Waals surface area contributed by atoms with Crippen LogP contribution in [0.4, 0.5) is 0 Å². The van der Waals surface area contributed by atoms with Gasteiger partial charge in [0.2, 0.25) is 0 Å². The lowest BCUT2D eigenvalue weighted by Crippen LogP contribution is -2.07. The Morgan fingerprint density at radius 3 is 2.35 bits per heavy atom. The van der Waals surface area contributed by atoms with Crippen LogP contribution in [0.1, 0.15) is 38.2 Å². The van der Waals surface area contributed by atoms with E-state index in [1.54, 1.807) is 24.3 Å². The Morgan fingerprint density at radius 2 is 1.70 bits per heavy atom. The van der Waals surface area contributed by atoms with Gasteiger partial charge in [0, 0.05) is 0 Å². The van der Waals surface area contributed by atoms with Crippen LogP contribution in [0.3, 0.4) is 0 Å². The minimum Gasteiger partial charge on any atom is -0.266 e. The van der Waals surface area contributed by atoms with Crippen LogP contribution in [0, 0.1) is 6.92 Å². The lowest BCUT2D eigenvalue weighted by molar-refractivity contribution is 0.307. The van der Waals surface area contributed by atoms with Gasteiger partial charge in [-0.2, -0.15) is 20.2 Å². The Hall–Kier alpha value is -0.520. The van der Waals surface area contributed by atoms with Crippen molar-refractivity contribution in [3.05, 3.63) is 29.8 Å². The molecular formula is C15H24O3S2. The Bertz CT molecular complexity index is 466. The predicted molar refractivity (Wildman–Crippen MR) is 85.8 cm³/mol. The summed E-state index contributed by atoms with van der Waals surface area (Å²) in [6.45, 7) is 4.36. The van der Waals surface area contributed by atoms with Crippen LogP contribution in [0.2, 0.25) is 0 Å². The molecule has 0 fully saturated rings. The third kappa shape index (κ3) is 6.77. The predicted octanol–water partition coefficient (Wildman–Crippen LogP) is 4.01. The normalized spacial score (nSPS) is 11.7. The highest BCUT2D eigenvalue weighted by Gasteiger charge is 2.14. The molecule has 0 aliphatic heterocycles. The molecule has 0 atom stereocenters. The van der Waals surface area contributed by atoms with Crippen molar-refractivity contribution >= 4 is 21.9 Å². The molecule has 0 unspecified atom stereocenters. The molecule has 0 aliphatic carbocycles. The van der Waals surface area contributed by atoms with Crippen LogP contribution in [0.15, 0.2) is 29.2 Å². The van der Waals surface area contributed by atoms with E-state index in [0.29, 0.717) is 0 Å². The fourth-order valence-electron chi connectivity index (χ4n) is 1.75. The highest BCUT2D eigenvalue weighted by Crippen LogP contribution is 2.14. The van der Waals surface area contributed by atoms with Gasteiger partial charge in [-0.05, 0) is 43.4 Å². The smallest absolute Gasteiger partial charge is 0.266 e. The van der Waals surface area contributed by atoms with E-state index in [1.165, 1.54) is 12.2 Å². The Kier molecular flexibility index (Phi) is 8.26. The van der Waals surface area contributed by atoms with Crippen molar-refractivity contribution in [1.29, 1.82) is 0 Å². The third-order valence-electron chi connectivity index (χ3n) is 2.94. The maximum Gasteiger partial charge on any atom is 0.296 e. The molecule has 1 rings (SSSR count). The summed E-state index contributed by atoms with van der Waals surface area (Å²) in [4.78, 5) is 0.238. The van der Waals surface area contributed by atoms with Crippen molar-refractivity contribution in [2.45, 2.75) is 44.4 Å². The van der Waals surface area contributed by atoms with Gasteiger partial charge >= 0.3 is 0 Å². The van der Waals surface area contributed by atoms with Crippen LogP contribution in [-0.4, -0.2) is 26.5 Å². The zero-order valence-corrected chi connectivity index (χ0v) is 13.9. The van der Waals surface area contributed by atoms with Crippen LogP contribution < -0.4 is 0 Å². The van der Waals surface area contributed by atoms with Gasteiger partial charge in [0.25, 0.3) is 10.1 Å². The molecule has 114 valence electrons. The quantitative estimate of drug-likeness (QED) is 0.483. The molecule has 1 aromatic rings. The monoisotopic (exact) mass is 316 g/mol. The maximum absolute atomic E-state index is 11.9. The summed E-state index contributed by atoms with van der Waals surface area (Å²) in [6, 6.07) is 6.74. The largest absolute Gasteiger partial charge is 0.296 e. The fourth-order valence-corrected chi connectivity index (χ4v) is 3.39. The van der Waals surface area contributed by atoms with Crippen LogP contribution in [0.5, 0.6) is 0 Å². The van der Waals surface area contributed by atoms with E-state index in [1.807, 2.05) is 18.7 Å². The van der Waals surface area contributed by atoms with Crippen molar-refractivity contribution in [2.24, 2.45) is 0 Å². The first kappa shape index (κ1) is 17.5. The topological polar surface area (TPSA) is 43.4 Å². The molecule has 0 saturated carbocycles. The zero-order valence-electron chi connectivity index (χ0n) is 12.3. The van der Waals surface area contributed by atoms with E-state index in [-0.39, 0.29) is 11.5 Å². The molecule has 0 amide bonds. The second-order valence-electron chi connectivity index (χ2n) is 4.70. The Balaban J connectivity index is 2.22. The number of thioether (sulfide) groups is 1. The van der Waals surface area contributed by atoms with E-state index < -0.39 is 10.1 Å². The summed E-state index contributed by atoms with van der Waals surface area (Å²) in [7, 11) is -3.58. The first-order valence-electron chi connectivity index (χ1n) is 7.10. The van der Waals surface area contributed by atoms with E-state index in [0.717, 1.165) is 30.6 Å². The van der Waals surface area contributed by atoms with Crippen LogP contribution in [-0.2, 0) is 14.3 Å². The van der Waals surface area contributed by atoms with E-state index in [4.69, 9.17) is 4.18 Å². The summed E-state index contributed by atoms with van der Waals surface area (Å²) in [6.07, 6.45) is 4.15. The molecule has 0 aliphatic rings. The molecule has 1 aromatic carbocycles. The first-order valence-corrected chi connectivity index (χ1v) is 9.66. The second-order valence-corrected chi connectivity index (χ2v) is 7.71. The van der Waals surface area contributed by atoms with Crippen molar-refractivity contribution in [1.82, 2.24) is 0 Å². The van der Waals surface area contributed by atoms with Gasteiger partial charge in [0.1, 0.15) is 0 Å². The van der Waals surface area contributed by atoms with Crippen LogP contribution >= 0.6 is 11.8 Å². The first-order chi connectivity index (χ1) is 9.56. The highest BCUT2D eigenvalue weighted by molar-refractivity contribution is 7.99. The van der Waals surface area contributed by atoms with Crippen molar-refractivity contribution in [2.75, 3.05) is 18.1 Å². The second kappa shape index (κ2) is 9.42. The zero-order chi connectivity index (χ0) is 14.8. The SMILES string of the molecule is CCSCCCCCCOS(=O)(=O)c1ccc(C)cc1. The van der Waals surface area contributed by atoms with Gasteiger partial charge in [-0.15, -0.1) is 0 Å². The Morgan fingerprint density at radius 1 is 1.05 bits per heavy atom. The van der Waals surface area contributed by atoms with Crippen LogP contribution in [0.25, 0.3) is 0 Å². The molecule has 3 nitrogen and oxygen atoms in total. The molecule has 20 heavy (non-hydrogen) atoms. The van der Waals surface area contributed by atoms with E-state index in [2.05, 4.69) is 6.92 Å². The highest BCUT2D eigenvalue weighted by atomic mass is 32.2. The van der Waals surface area contributed by atoms with Gasteiger partial charge in [-0.1, -0.05) is 37.5 Å². The third-order valence-corrected chi connectivity index (χ3v) is 5.25.